The molecule has 3 rings (SSSR count). The van der Waals surface area contributed by atoms with Crippen molar-refractivity contribution in [2.75, 3.05) is 0 Å². The van der Waals surface area contributed by atoms with E-state index in [4.69, 9.17) is 11.6 Å². The monoisotopic (exact) mass is 342 g/mol. The summed E-state index contributed by atoms with van der Waals surface area (Å²) in [5.74, 6) is -0.575. The van der Waals surface area contributed by atoms with Crippen molar-refractivity contribution in [3.8, 4) is 11.5 Å². The highest BCUT2D eigenvalue weighted by Crippen LogP contribution is 2.36. The number of phenols is 2. The van der Waals surface area contributed by atoms with Gasteiger partial charge in [-0.1, -0.05) is 41.9 Å². The Morgan fingerprint density at radius 2 is 1.88 bits per heavy atom. The van der Waals surface area contributed by atoms with Crippen molar-refractivity contribution in [2.45, 2.75) is 0 Å². The largest absolute Gasteiger partial charge is 0.506 e. The van der Waals surface area contributed by atoms with Crippen LogP contribution in [0.2, 0.25) is 5.02 Å². The second-order valence-corrected chi connectivity index (χ2v) is 5.47. The maximum atomic E-state index is 10.9. The molecule has 0 aromatic heterocycles. The number of hydrogen-bond acceptors (Lipinski definition) is 5. The molecule has 6 nitrogen and oxygen atoms in total. The van der Waals surface area contributed by atoms with E-state index < -0.39 is 16.4 Å². The molecule has 0 unspecified atom stereocenters. The quantitative estimate of drug-likeness (QED) is 0.414. The minimum absolute atomic E-state index is 0.0408. The molecule has 7 heteroatoms. The fraction of sp³-hybridized carbons (Fsp3) is 0. The maximum absolute atomic E-state index is 10.9. The van der Waals surface area contributed by atoms with Gasteiger partial charge in [-0.25, -0.2) is 0 Å². The molecule has 0 fully saturated rings. The van der Waals surface area contributed by atoms with Crippen molar-refractivity contribution >= 4 is 40.0 Å². The van der Waals surface area contributed by atoms with Crippen LogP contribution in [0.3, 0.4) is 0 Å². The average Bonchev–Trinajstić information content (AvgIpc) is 2.56. The Morgan fingerprint density at radius 1 is 1.12 bits per heavy atom. The molecule has 0 aliphatic heterocycles. The highest BCUT2D eigenvalue weighted by atomic mass is 35.5. The summed E-state index contributed by atoms with van der Waals surface area (Å²) in [4.78, 5) is 14.4. The van der Waals surface area contributed by atoms with Crippen LogP contribution in [0.4, 0.5) is 11.4 Å². The van der Waals surface area contributed by atoms with E-state index in [1.807, 2.05) is 18.2 Å². The van der Waals surface area contributed by atoms with Gasteiger partial charge in [-0.05, 0) is 17.5 Å². The van der Waals surface area contributed by atoms with Gasteiger partial charge in [0.1, 0.15) is 11.4 Å². The second-order valence-electron chi connectivity index (χ2n) is 5.03. The number of rotatable bonds is 3. The fourth-order valence-corrected chi connectivity index (χ4v) is 2.58. The Balaban J connectivity index is 2.13. The maximum Gasteiger partial charge on any atom is 0.312 e. The minimum atomic E-state index is -0.728. The molecule has 3 aromatic carbocycles. The van der Waals surface area contributed by atoms with Crippen LogP contribution in [0.5, 0.6) is 11.5 Å². The van der Waals surface area contributed by atoms with Gasteiger partial charge in [0.25, 0.3) is 0 Å². The van der Waals surface area contributed by atoms with E-state index in [1.54, 1.807) is 12.1 Å². The van der Waals surface area contributed by atoms with Crippen LogP contribution in [0.1, 0.15) is 5.56 Å². The third-order valence-electron chi connectivity index (χ3n) is 3.49. The number of phenolic OH excluding ortho intramolecular Hbond substituents is 2. The van der Waals surface area contributed by atoms with Crippen LogP contribution in [-0.4, -0.2) is 21.4 Å². The summed E-state index contributed by atoms with van der Waals surface area (Å²) >= 11 is 5.85. The van der Waals surface area contributed by atoms with Crippen molar-refractivity contribution in [1.82, 2.24) is 0 Å². The SMILES string of the molecule is O=[N+]([O-])c1cc(Cl)cc(C=Nc2c(O)ccc3ccccc23)c1O. The Kier molecular flexibility index (Phi) is 4.05. The van der Waals surface area contributed by atoms with E-state index in [1.165, 1.54) is 18.3 Å². The van der Waals surface area contributed by atoms with Gasteiger partial charge >= 0.3 is 5.69 Å². The van der Waals surface area contributed by atoms with Gasteiger partial charge in [-0.15, -0.1) is 0 Å². The first-order valence-electron chi connectivity index (χ1n) is 6.89. The van der Waals surface area contributed by atoms with Gasteiger partial charge in [0.2, 0.25) is 5.75 Å². The Bertz CT molecular complexity index is 986. The summed E-state index contributed by atoms with van der Waals surface area (Å²) in [6.07, 6.45) is 1.23. The first-order chi connectivity index (χ1) is 11.5. The lowest BCUT2D eigenvalue weighted by molar-refractivity contribution is -0.385. The number of halogens is 1. The molecular formula is C17H11ClN2O4. The average molecular weight is 343 g/mol. The lowest BCUT2D eigenvalue weighted by atomic mass is 10.1. The number of nitro benzene ring substituents is 1. The highest BCUT2D eigenvalue weighted by molar-refractivity contribution is 6.31. The predicted molar refractivity (Wildman–Crippen MR) is 92.6 cm³/mol. The molecule has 2 N–H and O–H groups in total. The van der Waals surface area contributed by atoms with E-state index in [2.05, 4.69) is 4.99 Å². The summed E-state index contributed by atoms with van der Waals surface area (Å²) in [6, 6.07) is 13.0. The Morgan fingerprint density at radius 3 is 2.62 bits per heavy atom. The fourth-order valence-electron chi connectivity index (χ4n) is 2.36. The topological polar surface area (TPSA) is 96.0 Å². The molecule has 120 valence electrons. The molecule has 0 spiro atoms. The molecule has 3 aromatic rings. The lowest BCUT2D eigenvalue weighted by Gasteiger charge is -2.05. The summed E-state index contributed by atoms with van der Waals surface area (Å²) in [5.41, 5.74) is -0.122. The summed E-state index contributed by atoms with van der Waals surface area (Å²) in [7, 11) is 0. The van der Waals surface area contributed by atoms with Gasteiger partial charge in [0, 0.05) is 28.3 Å². The van der Waals surface area contributed by atoms with Crippen LogP contribution in [0, 0.1) is 10.1 Å². The zero-order valence-corrected chi connectivity index (χ0v) is 12.9. The van der Waals surface area contributed by atoms with E-state index in [0.717, 1.165) is 11.5 Å². The van der Waals surface area contributed by atoms with Crippen molar-refractivity contribution in [3.05, 3.63) is 69.2 Å². The molecule has 0 aliphatic carbocycles. The number of aromatic hydroxyl groups is 2. The van der Waals surface area contributed by atoms with Crippen molar-refractivity contribution < 1.29 is 15.1 Å². The number of benzene rings is 3. The highest BCUT2D eigenvalue weighted by Gasteiger charge is 2.18. The molecule has 0 amide bonds. The number of hydrogen-bond donors (Lipinski definition) is 2. The zero-order valence-electron chi connectivity index (χ0n) is 12.2. The minimum Gasteiger partial charge on any atom is -0.506 e. The van der Waals surface area contributed by atoms with Gasteiger partial charge in [0.15, 0.2) is 0 Å². The number of aliphatic imine (C=N–C) groups is 1. The molecule has 0 bridgehead atoms. The zero-order chi connectivity index (χ0) is 17.3. The molecule has 0 saturated heterocycles. The van der Waals surface area contributed by atoms with Crippen LogP contribution in [0.25, 0.3) is 10.8 Å². The van der Waals surface area contributed by atoms with Crippen LogP contribution in [-0.2, 0) is 0 Å². The molecular weight excluding hydrogens is 332 g/mol. The lowest BCUT2D eigenvalue weighted by Crippen LogP contribution is -1.92. The molecule has 0 saturated carbocycles. The summed E-state index contributed by atoms with van der Waals surface area (Å²) in [5, 5.41) is 32.7. The van der Waals surface area contributed by atoms with Crippen molar-refractivity contribution in [3.63, 3.8) is 0 Å². The Hall–Kier alpha value is -3.12. The third-order valence-corrected chi connectivity index (χ3v) is 3.71. The third kappa shape index (κ3) is 2.87. The molecule has 0 heterocycles. The van der Waals surface area contributed by atoms with E-state index in [0.29, 0.717) is 11.1 Å². The van der Waals surface area contributed by atoms with E-state index in [9.17, 15) is 20.3 Å². The normalized spacial score (nSPS) is 11.2. The predicted octanol–water partition coefficient (Wildman–Crippen LogP) is 4.56. The first-order valence-corrected chi connectivity index (χ1v) is 7.27. The van der Waals surface area contributed by atoms with Crippen molar-refractivity contribution in [2.24, 2.45) is 4.99 Å². The molecule has 24 heavy (non-hydrogen) atoms. The molecule has 0 atom stereocenters. The van der Waals surface area contributed by atoms with Gasteiger partial charge in [-0.3, -0.25) is 15.1 Å². The van der Waals surface area contributed by atoms with Crippen LogP contribution < -0.4 is 0 Å². The van der Waals surface area contributed by atoms with Gasteiger partial charge < -0.3 is 10.2 Å². The number of fused-ring (bicyclic) bond motifs is 1. The van der Waals surface area contributed by atoms with Crippen molar-refractivity contribution in [1.29, 1.82) is 0 Å². The van der Waals surface area contributed by atoms with E-state index >= 15 is 0 Å². The summed E-state index contributed by atoms with van der Waals surface area (Å²) < 4.78 is 0. The second kappa shape index (κ2) is 6.17. The number of nitro groups is 1. The number of nitrogens with zero attached hydrogens (tertiary/aromatic N) is 2. The molecule has 0 aliphatic rings. The first kappa shape index (κ1) is 15.8. The Labute approximate surface area is 141 Å². The smallest absolute Gasteiger partial charge is 0.312 e. The summed E-state index contributed by atoms with van der Waals surface area (Å²) in [6.45, 7) is 0. The van der Waals surface area contributed by atoms with Gasteiger partial charge in [-0.2, -0.15) is 0 Å². The molecule has 0 radical (unpaired) electrons. The van der Waals surface area contributed by atoms with Gasteiger partial charge in [0.05, 0.1) is 4.92 Å². The van der Waals surface area contributed by atoms with Crippen LogP contribution >= 0.6 is 11.6 Å². The van der Waals surface area contributed by atoms with E-state index in [-0.39, 0.29) is 16.3 Å². The van der Waals surface area contributed by atoms with Crippen LogP contribution in [0.15, 0.2) is 53.5 Å². The standard InChI is InChI=1S/C17H11ClN2O4/c18-12-7-11(17(22)14(8-12)20(23)24)9-19-16-13-4-2-1-3-10(13)5-6-15(16)21/h1-9,21-22H.